The number of benzene rings is 1. The van der Waals surface area contributed by atoms with Crippen molar-refractivity contribution in [3.8, 4) is 17.0 Å². The highest BCUT2D eigenvalue weighted by Crippen LogP contribution is 2.33. The standard InChI is InChI=1S/C27H35F3N4O5/c1-18-3-4-21(31-26(36)34-6-5-19(15-34)14-27(28,29)30)13-23(18)20-11-24(33-7-9-38-10-8-33)32-25(12-20)39-17-22(35)16-37-2/h3-4,11-13,19,22,35H,5-10,14-17H2,1-2H3,(H,31,36)/t19-,22+/m0/s1. The van der Waals surface area contributed by atoms with E-state index in [0.717, 1.165) is 16.7 Å². The van der Waals surface area contributed by atoms with Gasteiger partial charge in [-0.2, -0.15) is 18.2 Å². The summed E-state index contributed by atoms with van der Waals surface area (Å²) >= 11 is 0. The fourth-order valence-electron chi connectivity index (χ4n) is 4.82. The zero-order valence-electron chi connectivity index (χ0n) is 22.2. The third-order valence-electron chi connectivity index (χ3n) is 6.80. The highest BCUT2D eigenvalue weighted by molar-refractivity contribution is 5.90. The number of alkyl halides is 3. The van der Waals surface area contributed by atoms with Gasteiger partial charge in [-0.3, -0.25) is 0 Å². The zero-order chi connectivity index (χ0) is 28.0. The molecule has 0 spiro atoms. The molecule has 2 saturated heterocycles. The molecular formula is C27H35F3N4O5. The Labute approximate surface area is 225 Å². The minimum absolute atomic E-state index is 0.00703. The number of anilines is 2. The average molecular weight is 553 g/mol. The van der Waals surface area contributed by atoms with Crippen LogP contribution >= 0.6 is 0 Å². The predicted molar refractivity (Wildman–Crippen MR) is 140 cm³/mol. The van der Waals surface area contributed by atoms with Crippen LogP contribution in [0.5, 0.6) is 5.88 Å². The van der Waals surface area contributed by atoms with Crippen LogP contribution in [0.15, 0.2) is 30.3 Å². The molecule has 2 fully saturated rings. The Morgan fingerprint density at radius 2 is 1.97 bits per heavy atom. The van der Waals surface area contributed by atoms with Crippen molar-refractivity contribution in [2.45, 2.75) is 32.0 Å². The molecular weight excluding hydrogens is 517 g/mol. The largest absolute Gasteiger partial charge is 0.475 e. The number of carbonyl (C=O) groups excluding carboxylic acids is 1. The minimum atomic E-state index is -4.24. The van der Waals surface area contributed by atoms with Crippen molar-refractivity contribution in [1.29, 1.82) is 0 Å². The molecule has 2 N–H and O–H groups in total. The van der Waals surface area contributed by atoms with E-state index in [2.05, 4.69) is 15.2 Å². The molecule has 2 aliphatic heterocycles. The fraction of sp³-hybridized carbons (Fsp3) is 0.556. The van der Waals surface area contributed by atoms with Crippen LogP contribution in [0.1, 0.15) is 18.4 Å². The number of halogens is 3. The van der Waals surface area contributed by atoms with Gasteiger partial charge >= 0.3 is 12.2 Å². The number of nitrogens with one attached hydrogen (secondary N) is 1. The number of aromatic nitrogens is 1. The van der Waals surface area contributed by atoms with Crippen molar-refractivity contribution < 1.29 is 37.3 Å². The summed E-state index contributed by atoms with van der Waals surface area (Å²) in [7, 11) is 1.50. The van der Waals surface area contributed by atoms with Gasteiger partial charge in [0.2, 0.25) is 5.88 Å². The molecule has 0 saturated carbocycles. The predicted octanol–water partition coefficient (Wildman–Crippen LogP) is 4.09. The quantitative estimate of drug-likeness (QED) is 0.484. The van der Waals surface area contributed by atoms with E-state index < -0.39 is 30.7 Å². The maximum atomic E-state index is 12.8. The van der Waals surface area contributed by atoms with Gasteiger partial charge in [0.15, 0.2) is 0 Å². The second kappa shape index (κ2) is 12.8. The van der Waals surface area contributed by atoms with Gasteiger partial charge in [-0.05, 0) is 54.2 Å². The highest BCUT2D eigenvalue weighted by atomic mass is 19.4. The molecule has 0 radical (unpaired) electrons. The van der Waals surface area contributed by atoms with E-state index >= 15 is 0 Å². The lowest BCUT2D eigenvalue weighted by Crippen LogP contribution is -2.36. The molecule has 214 valence electrons. The number of nitrogens with zero attached hydrogens (tertiary/aromatic N) is 3. The molecule has 2 aliphatic rings. The van der Waals surface area contributed by atoms with E-state index in [-0.39, 0.29) is 26.3 Å². The van der Waals surface area contributed by atoms with Gasteiger partial charge < -0.3 is 34.4 Å². The summed E-state index contributed by atoms with van der Waals surface area (Å²) in [5, 5.41) is 12.9. The lowest BCUT2D eigenvalue weighted by molar-refractivity contribution is -0.143. The Kier molecular flexibility index (Phi) is 9.52. The summed E-state index contributed by atoms with van der Waals surface area (Å²) in [6.07, 6.45) is -5.60. The van der Waals surface area contributed by atoms with Crippen molar-refractivity contribution in [2.75, 3.05) is 69.9 Å². The number of aliphatic hydroxyl groups is 1. The molecule has 12 heteroatoms. The third kappa shape index (κ3) is 8.20. The molecule has 4 rings (SSSR count). The lowest BCUT2D eigenvalue weighted by atomic mass is 10.0. The lowest BCUT2D eigenvalue weighted by Gasteiger charge is -2.28. The van der Waals surface area contributed by atoms with Gasteiger partial charge in [0.25, 0.3) is 0 Å². The molecule has 0 aliphatic carbocycles. The second-order valence-corrected chi connectivity index (χ2v) is 9.95. The summed E-state index contributed by atoms with van der Waals surface area (Å²) in [4.78, 5) is 21.0. The van der Waals surface area contributed by atoms with Gasteiger partial charge in [0, 0.05) is 51.5 Å². The van der Waals surface area contributed by atoms with Crippen LogP contribution < -0.4 is 15.0 Å². The third-order valence-corrected chi connectivity index (χ3v) is 6.80. The van der Waals surface area contributed by atoms with Crippen LogP contribution in [0, 0.1) is 12.8 Å². The van der Waals surface area contributed by atoms with E-state index in [1.54, 1.807) is 12.1 Å². The van der Waals surface area contributed by atoms with Gasteiger partial charge in [-0.25, -0.2) is 4.79 Å². The Morgan fingerprint density at radius 3 is 2.69 bits per heavy atom. The fourth-order valence-corrected chi connectivity index (χ4v) is 4.82. The van der Waals surface area contributed by atoms with E-state index in [9.17, 15) is 23.1 Å². The SMILES string of the molecule is COC[C@@H](O)COc1cc(-c2cc(NC(=O)N3CC[C@@H](CC(F)(F)F)C3)ccc2C)cc(N2CCOCC2)n1. The van der Waals surface area contributed by atoms with Crippen molar-refractivity contribution >= 4 is 17.5 Å². The number of ether oxygens (including phenoxy) is 3. The normalized spacial score (nSPS) is 18.8. The van der Waals surface area contributed by atoms with E-state index in [1.165, 1.54) is 12.0 Å². The maximum absolute atomic E-state index is 12.8. The number of aliphatic hydroxyl groups excluding tert-OH is 1. The van der Waals surface area contributed by atoms with Gasteiger partial charge in [0.05, 0.1) is 19.8 Å². The van der Waals surface area contributed by atoms with Crippen LogP contribution in [-0.2, 0) is 9.47 Å². The first-order valence-corrected chi connectivity index (χ1v) is 13.0. The maximum Gasteiger partial charge on any atom is 0.389 e. The van der Waals surface area contributed by atoms with Gasteiger partial charge in [-0.1, -0.05) is 6.07 Å². The Hall–Kier alpha value is -3.09. The number of pyridine rings is 1. The van der Waals surface area contributed by atoms with Gasteiger partial charge in [0.1, 0.15) is 18.5 Å². The number of carbonyl (C=O) groups is 1. The number of hydrogen-bond acceptors (Lipinski definition) is 7. The number of likely N-dealkylation sites (tertiary alicyclic amines) is 1. The molecule has 39 heavy (non-hydrogen) atoms. The Bertz CT molecular complexity index is 1130. The van der Waals surface area contributed by atoms with E-state index in [0.29, 0.717) is 50.1 Å². The number of amides is 2. The van der Waals surface area contributed by atoms with E-state index in [4.69, 9.17) is 14.2 Å². The number of hydrogen-bond donors (Lipinski definition) is 2. The summed E-state index contributed by atoms with van der Waals surface area (Å²) < 4.78 is 54.5. The van der Waals surface area contributed by atoms with Crippen LogP contribution in [0.2, 0.25) is 0 Å². The monoisotopic (exact) mass is 552 g/mol. The van der Waals surface area contributed by atoms with Gasteiger partial charge in [-0.15, -0.1) is 0 Å². The smallest absolute Gasteiger partial charge is 0.389 e. The first-order chi connectivity index (χ1) is 18.6. The summed E-state index contributed by atoms with van der Waals surface area (Å²) in [5.41, 5.74) is 3.12. The molecule has 0 unspecified atom stereocenters. The van der Waals surface area contributed by atoms with Crippen LogP contribution in [0.4, 0.5) is 29.5 Å². The molecule has 3 heterocycles. The summed E-state index contributed by atoms with van der Waals surface area (Å²) in [6, 6.07) is 8.77. The van der Waals surface area contributed by atoms with Crippen LogP contribution in [0.25, 0.3) is 11.1 Å². The molecule has 9 nitrogen and oxygen atoms in total. The molecule has 1 aromatic heterocycles. The minimum Gasteiger partial charge on any atom is -0.475 e. The number of aryl methyl sites for hydroxylation is 1. The zero-order valence-corrected chi connectivity index (χ0v) is 22.2. The molecule has 2 aromatic rings. The van der Waals surface area contributed by atoms with Crippen LogP contribution in [-0.4, -0.2) is 93.0 Å². The number of morpholine rings is 1. The Morgan fingerprint density at radius 1 is 1.21 bits per heavy atom. The second-order valence-electron chi connectivity index (χ2n) is 9.95. The van der Waals surface area contributed by atoms with Crippen molar-refractivity contribution in [1.82, 2.24) is 9.88 Å². The summed E-state index contributed by atoms with van der Waals surface area (Å²) in [6.45, 7) is 4.94. The number of urea groups is 1. The Balaban J connectivity index is 1.54. The first-order valence-electron chi connectivity index (χ1n) is 13.0. The molecule has 2 amide bonds. The van der Waals surface area contributed by atoms with Crippen molar-refractivity contribution in [2.24, 2.45) is 5.92 Å². The highest BCUT2D eigenvalue weighted by Gasteiger charge is 2.36. The summed E-state index contributed by atoms with van der Waals surface area (Å²) in [5.74, 6) is 0.458. The molecule has 1 aromatic carbocycles. The topological polar surface area (TPSA) is 96.4 Å². The number of rotatable bonds is 9. The van der Waals surface area contributed by atoms with E-state index in [1.807, 2.05) is 25.1 Å². The number of methoxy groups -OCH3 is 1. The first kappa shape index (κ1) is 28.9. The van der Waals surface area contributed by atoms with Crippen LogP contribution in [0.3, 0.4) is 0 Å². The molecule has 0 bridgehead atoms. The average Bonchev–Trinajstić information content (AvgIpc) is 3.36. The molecule has 2 atom stereocenters. The van der Waals surface area contributed by atoms with Crippen molar-refractivity contribution in [3.05, 3.63) is 35.9 Å². The van der Waals surface area contributed by atoms with Crippen molar-refractivity contribution in [3.63, 3.8) is 0 Å².